The maximum absolute atomic E-state index is 11.3. The van der Waals surface area contributed by atoms with Crippen LogP contribution in [0.3, 0.4) is 0 Å². The molecular formula is C10H18ClNO2. The molecule has 82 valence electrons. The number of rotatable bonds is 3. The third-order valence-corrected chi connectivity index (χ3v) is 3.08. The third kappa shape index (κ3) is 3.46. The monoisotopic (exact) mass is 219 g/mol. The van der Waals surface area contributed by atoms with Crippen LogP contribution in [-0.2, 0) is 4.79 Å². The second-order valence-electron chi connectivity index (χ2n) is 3.82. The molecule has 0 radical (unpaired) electrons. The predicted molar refractivity (Wildman–Crippen MR) is 56.3 cm³/mol. The standard InChI is InChI=1S/C10H18ClNO2/c11-8-10(14)12-5-1-2-9(3-6-12)4-7-13/h9,13H,1-8H2. The quantitative estimate of drug-likeness (QED) is 0.726. The zero-order valence-corrected chi connectivity index (χ0v) is 9.17. The summed E-state index contributed by atoms with van der Waals surface area (Å²) in [6.07, 6.45) is 4.02. The Morgan fingerprint density at radius 1 is 1.43 bits per heavy atom. The molecule has 1 aliphatic rings. The molecule has 0 aliphatic carbocycles. The number of hydrogen-bond acceptors (Lipinski definition) is 2. The van der Waals surface area contributed by atoms with Crippen molar-refractivity contribution in [1.82, 2.24) is 4.90 Å². The highest BCUT2D eigenvalue weighted by molar-refractivity contribution is 6.27. The molecule has 1 saturated heterocycles. The number of carbonyl (C=O) groups is 1. The summed E-state index contributed by atoms with van der Waals surface area (Å²) >= 11 is 5.50. The van der Waals surface area contributed by atoms with Crippen LogP contribution in [0.1, 0.15) is 25.7 Å². The van der Waals surface area contributed by atoms with E-state index in [-0.39, 0.29) is 18.4 Å². The Morgan fingerprint density at radius 2 is 2.21 bits per heavy atom. The van der Waals surface area contributed by atoms with Gasteiger partial charge in [-0.2, -0.15) is 0 Å². The van der Waals surface area contributed by atoms with E-state index in [2.05, 4.69) is 0 Å². The van der Waals surface area contributed by atoms with Crippen molar-refractivity contribution in [3.05, 3.63) is 0 Å². The fourth-order valence-electron chi connectivity index (χ4n) is 1.97. The van der Waals surface area contributed by atoms with Gasteiger partial charge in [0.1, 0.15) is 5.88 Å². The molecule has 0 bridgehead atoms. The van der Waals surface area contributed by atoms with Gasteiger partial charge in [-0.25, -0.2) is 0 Å². The van der Waals surface area contributed by atoms with Crippen molar-refractivity contribution in [2.75, 3.05) is 25.6 Å². The summed E-state index contributed by atoms with van der Waals surface area (Å²) in [5.41, 5.74) is 0. The molecule has 0 aromatic rings. The lowest BCUT2D eigenvalue weighted by molar-refractivity contribution is -0.128. The Morgan fingerprint density at radius 3 is 2.86 bits per heavy atom. The van der Waals surface area contributed by atoms with Crippen molar-refractivity contribution in [2.24, 2.45) is 5.92 Å². The van der Waals surface area contributed by atoms with Gasteiger partial charge in [0.2, 0.25) is 5.91 Å². The maximum atomic E-state index is 11.3. The topological polar surface area (TPSA) is 40.5 Å². The summed E-state index contributed by atoms with van der Waals surface area (Å²) in [7, 11) is 0. The molecule has 0 aromatic carbocycles. The normalized spacial score (nSPS) is 23.3. The van der Waals surface area contributed by atoms with E-state index in [4.69, 9.17) is 16.7 Å². The molecule has 1 N–H and O–H groups in total. The summed E-state index contributed by atoms with van der Waals surface area (Å²) in [6.45, 7) is 1.89. The van der Waals surface area contributed by atoms with Crippen molar-refractivity contribution in [1.29, 1.82) is 0 Å². The molecule has 1 fully saturated rings. The highest BCUT2D eigenvalue weighted by Gasteiger charge is 2.19. The van der Waals surface area contributed by atoms with Crippen molar-refractivity contribution in [3.63, 3.8) is 0 Å². The summed E-state index contributed by atoms with van der Waals surface area (Å²) in [5, 5.41) is 8.83. The number of carbonyl (C=O) groups excluding carboxylic acids is 1. The van der Waals surface area contributed by atoms with Gasteiger partial charge in [0.15, 0.2) is 0 Å². The van der Waals surface area contributed by atoms with Gasteiger partial charge in [-0.1, -0.05) is 0 Å². The fourth-order valence-corrected chi connectivity index (χ4v) is 2.14. The predicted octanol–water partition coefficient (Wildman–Crippen LogP) is 1.24. The lowest BCUT2D eigenvalue weighted by Gasteiger charge is -2.19. The van der Waals surface area contributed by atoms with E-state index in [1.807, 2.05) is 4.90 Å². The first-order valence-electron chi connectivity index (χ1n) is 5.22. The molecule has 1 aliphatic heterocycles. The molecule has 14 heavy (non-hydrogen) atoms. The second-order valence-corrected chi connectivity index (χ2v) is 4.09. The van der Waals surface area contributed by atoms with Gasteiger partial charge in [0, 0.05) is 19.7 Å². The molecule has 3 nitrogen and oxygen atoms in total. The number of alkyl halides is 1. The molecule has 4 heteroatoms. The number of aliphatic hydroxyl groups is 1. The van der Waals surface area contributed by atoms with Crippen LogP contribution >= 0.6 is 11.6 Å². The number of aliphatic hydroxyl groups excluding tert-OH is 1. The van der Waals surface area contributed by atoms with E-state index in [1.165, 1.54) is 0 Å². The van der Waals surface area contributed by atoms with Gasteiger partial charge in [-0.15, -0.1) is 11.6 Å². The van der Waals surface area contributed by atoms with E-state index in [0.29, 0.717) is 5.92 Å². The van der Waals surface area contributed by atoms with E-state index in [1.54, 1.807) is 0 Å². The number of nitrogens with zero attached hydrogens (tertiary/aromatic N) is 1. The third-order valence-electron chi connectivity index (χ3n) is 2.85. The summed E-state index contributed by atoms with van der Waals surface area (Å²) in [5.74, 6) is 0.703. The lowest BCUT2D eigenvalue weighted by atomic mass is 9.98. The molecule has 0 spiro atoms. The van der Waals surface area contributed by atoms with Crippen LogP contribution in [-0.4, -0.2) is 41.5 Å². The minimum absolute atomic E-state index is 0.0383. The van der Waals surface area contributed by atoms with Crippen molar-refractivity contribution >= 4 is 17.5 Å². The number of amides is 1. The molecule has 1 amide bonds. The zero-order chi connectivity index (χ0) is 10.4. The summed E-state index contributed by atoms with van der Waals surface area (Å²) in [6, 6.07) is 0. The van der Waals surface area contributed by atoms with Crippen LogP contribution < -0.4 is 0 Å². The van der Waals surface area contributed by atoms with E-state index in [9.17, 15) is 4.79 Å². The number of hydrogen-bond donors (Lipinski definition) is 1. The van der Waals surface area contributed by atoms with Crippen LogP contribution in [0.4, 0.5) is 0 Å². The first-order chi connectivity index (χ1) is 6.77. The SMILES string of the molecule is O=C(CCl)N1CCCC(CCO)CC1. The first-order valence-corrected chi connectivity index (χ1v) is 5.76. The van der Waals surface area contributed by atoms with Gasteiger partial charge in [-0.3, -0.25) is 4.79 Å². The maximum Gasteiger partial charge on any atom is 0.237 e. The first kappa shape index (κ1) is 11.8. The molecule has 1 atom stereocenters. The molecule has 1 rings (SSSR count). The lowest BCUT2D eigenvalue weighted by Crippen LogP contribution is -2.32. The van der Waals surface area contributed by atoms with Crippen LogP contribution in [0.15, 0.2) is 0 Å². The average Bonchev–Trinajstić information content (AvgIpc) is 2.43. The minimum Gasteiger partial charge on any atom is -0.396 e. The van der Waals surface area contributed by atoms with Crippen molar-refractivity contribution < 1.29 is 9.90 Å². The van der Waals surface area contributed by atoms with E-state index in [0.717, 1.165) is 38.8 Å². The van der Waals surface area contributed by atoms with Crippen LogP contribution in [0.25, 0.3) is 0 Å². The van der Waals surface area contributed by atoms with Gasteiger partial charge < -0.3 is 10.0 Å². The largest absolute Gasteiger partial charge is 0.396 e. The second kappa shape index (κ2) is 6.25. The Kier molecular flexibility index (Phi) is 5.26. The minimum atomic E-state index is 0.0383. The molecule has 1 heterocycles. The van der Waals surface area contributed by atoms with Crippen molar-refractivity contribution in [2.45, 2.75) is 25.7 Å². The zero-order valence-electron chi connectivity index (χ0n) is 8.41. The Labute approximate surface area is 90.0 Å². The summed E-state index contributed by atoms with van der Waals surface area (Å²) < 4.78 is 0. The highest BCUT2D eigenvalue weighted by Crippen LogP contribution is 2.20. The van der Waals surface area contributed by atoms with Crippen molar-refractivity contribution in [3.8, 4) is 0 Å². The molecule has 0 saturated carbocycles. The smallest absolute Gasteiger partial charge is 0.237 e. The number of halogens is 1. The highest BCUT2D eigenvalue weighted by atomic mass is 35.5. The van der Waals surface area contributed by atoms with Crippen LogP contribution in [0.5, 0.6) is 0 Å². The molecular weight excluding hydrogens is 202 g/mol. The van der Waals surface area contributed by atoms with Gasteiger partial charge in [-0.05, 0) is 31.6 Å². The van der Waals surface area contributed by atoms with Crippen LogP contribution in [0, 0.1) is 5.92 Å². The van der Waals surface area contributed by atoms with Gasteiger partial charge in [0.05, 0.1) is 0 Å². The fraction of sp³-hybridized carbons (Fsp3) is 0.900. The van der Waals surface area contributed by atoms with Gasteiger partial charge >= 0.3 is 0 Å². The Bertz CT molecular complexity index is 187. The van der Waals surface area contributed by atoms with Gasteiger partial charge in [0.25, 0.3) is 0 Å². The number of likely N-dealkylation sites (tertiary alicyclic amines) is 1. The average molecular weight is 220 g/mol. The Balaban J connectivity index is 2.36. The molecule has 1 unspecified atom stereocenters. The molecule has 0 aromatic heterocycles. The van der Waals surface area contributed by atoms with E-state index >= 15 is 0 Å². The van der Waals surface area contributed by atoms with E-state index < -0.39 is 0 Å². The van der Waals surface area contributed by atoms with Crippen LogP contribution in [0.2, 0.25) is 0 Å². The summed E-state index contributed by atoms with van der Waals surface area (Å²) in [4.78, 5) is 13.2. The Hall–Kier alpha value is -0.280.